The molecule has 3 amide bonds. The normalized spacial score (nSPS) is 22.7. The number of hydrogen-bond acceptors (Lipinski definition) is 6. The third-order valence-corrected chi connectivity index (χ3v) is 6.68. The van der Waals surface area contributed by atoms with Crippen LogP contribution in [-0.2, 0) is 14.4 Å². The molecule has 38 heavy (non-hydrogen) atoms. The number of alkyl halides is 2. The summed E-state index contributed by atoms with van der Waals surface area (Å²) < 4.78 is 36.2. The van der Waals surface area contributed by atoms with E-state index < -0.39 is 18.1 Å². The van der Waals surface area contributed by atoms with Crippen molar-refractivity contribution in [1.82, 2.24) is 15.5 Å². The first-order valence-corrected chi connectivity index (χ1v) is 12.7. The second-order valence-corrected chi connectivity index (χ2v) is 10.0. The van der Waals surface area contributed by atoms with Crippen LogP contribution < -0.4 is 25.8 Å². The van der Waals surface area contributed by atoms with E-state index in [-0.39, 0.29) is 47.6 Å². The van der Waals surface area contributed by atoms with Gasteiger partial charge in [-0.05, 0) is 49.1 Å². The Morgan fingerprint density at radius 1 is 1.26 bits per heavy atom. The lowest BCUT2D eigenvalue weighted by Gasteiger charge is -2.35. The zero-order chi connectivity index (χ0) is 28.0. The molecule has 11 heteroatoms. The Hall–Kier alpha value is -3.63. The number of halogens is 2. The van der Waals surface area contributed by atoms with Gasteiger partial charge in [0.05, 0.1) is 12.2 Å². The van der Waals surface area contributed by atoms with Gasteiger partial charge in [-0.1, -0.05) is 19.9 Å². The van der Waals surface area contributed by atoms with Crippen LogP contribution in [-0.4, -0.2) is 60.5 Å². The molecule has 3 atom stereocenters. The molecule has 1 aromatic carbocycles. The summed E-state index contributed by atoms with van der Waals surface area (Å²) in [6.45, 7) is 5.31. The molecule has 2 heterocycles. The Morgan fingerprint density at radius 3 is 2.55 bits per heavy atom. The summed E-state index contributed by atoms with van der Waals surface area (Å²) in [5, 5.41) is 5.69. The van der Waals surface area contributed by atoms with E-state index in [2.05, 4.69) is 15.4 Å². The molecule has 0 radical (unpaired) electrons. The van der Waals surface area contributed by atoms with E-state index >= 15 is 0 Å². The standard InChI is InChI=1S/C27H36F2N4O5/c1-5-31-24(35)19-8-9-27(25(30)36,32-13-19)12-21-10-20(14-33(21)17(4)34)18-6-7-22(38-26(28)29)23(11-18)37-15-16(2)3/h6-9,11,13,16,20-21,26,32H,5,10,12,14-15H2,1-4H3,(H2,30,36)(H,31,35)/t20-,21-,27?/m1/s1. The molecular weight excluding hydrogens is 498 g/mol. The van der Waals surface area contributed by atoms with Gasteiger partial charge in [0.2, 0.25) is 11.8 Å². The maximum atomic E-state index is 12.9. The van der Waals surface area contributed by atoms with Gasteiger partial charge in [0, 0.05) is 44.6 Å². The fourth-order valence-electron chi connectivity index (χ4n) is 4.77. The van der Waals surface area contributed by atoms with Crippen molar-refractivity contribution in [3.8, 4) is 11.5 Å². The van der Waals surface area contributed by atoms with Gasteiger partial charge in [-0.15, -0.1) is 0 Å². The van der Waals surface area contributed by atoms with Crippen molar-refractivity contribution >= 4 is 17.7 Å². The SMILES string of the molecule is CCNC(=O)C1=CNC(C[C@H]2C[C@@H](c3ccc(OC(F)F)c(OCC(C)C)c3)CN2C(C)=O)(C(N)=O)C=C1. The molecule has 1 saturated heterocycles. The number of dihydropyridines is 1. The monoisotopic (exact) mass is 534 g/mol. The van der Waals surface area contributed by atoms with Crippen molar-refractivity contribution in [1.29, 1.82) is 0 Å². The molecule has 2 aliphatic heterocycles. The number of likely N-dealkylation sites (N-methyl/N-ethyl adjacent to an activating group) is 1. The van der Waals surface area contributed by atoms with Gasteiger partial charge in [0.15, 0.2) is 11.5 Å². The van der Waals surface area contributed by atoms with Gasteiger partial charge in [-0.25, -0.2) is 0 Å². The van der Waals surface area contributed by atoms with Crippen LogP contribution in [0.4, 0.5) is 8.78 Å². The van der Waals surface area contributed by atoms with Gasteiger partial charge in [-0.2, -0.15) is 8.78 Å². The molecule has 0 saturated carbocycles. The minimum absolute atomic E-state index is 0.0544. The number of nitrogens with one attached hydrogen (secondary N) is 2. The molecule has 9 nitrogen and oxygen atoms in total. The number of likely N-dealkylation sites (tertiary alicyclic amines) is 1. The van der Waals surface area contributed by atoms with Crippen LogP contribution in [0.25, 0.3) is 0 Å². The highest BCUT2D eigenvalue weighted by Gasteiger charge is 2.43. The molecule has 3 rings (SSSR count). The number of nitrogens with zero attached hydrogens (tertiary/aromatic N) is 1. The summed E-state index contributed by atoms with van der Waals surface area (Å²) in [5.41, 5.74) is 5.66. The average molecular weight is 535 g/mol. The summed E-state index contributed by atoms with van der Waals surface area (Å²) in [4.78, 5) is 39.0. The first-order valence-electron chi connectivity index (χ1n) is 12.7. The summed E-state index contributed by atoms with van der Waals surface area (Å²) in [6, 6.07) is 4.47. The second-order valence-electron chi connectivity index (χ2n) is 10.0. The molecule has 1 fully saturated rings. The van der Waals surface area contributed by atoms with Crippen LogP contribution in [0.3, 0.4) is 0 Å². The van der Waals surface area contributed by atoms with E-state index in [1.807, 2.05) is 13.8 Å². The molecular formula is C27H36F2N4O5. The largest absolute Gasteiger partial charge is 0.489 e. The summed E-state index contributed by atoms with van der Waals surface area (Å²) in [5.74, 6) is -0.885. The molecule has 0 bridgehead atoms. The number of nitrogens with two attached hydrogens (primary N) is 1. The smallest absolute Gasteiger partial charge is 0.387 e. The summed E-state index contributed by atoms with van der Waals surface area (Å²) in [6.07, 6.45) is 5.28. The quantitative estimate of drug-likeness (QED) is 0.401. The Morgan fingerprint density at radius 2 is 2.00 bits per heavy atom. The summed E-state index contributed by atoms with van der Waals surface area (Å²) in [7, 11) is 0. The lowest BCUT2D eigenvalue weighted by atomic mass is 9.84. The number of hydrogen-bond donors (Lipinski definition) is 3. The lowest BCUT2D eigenvalue weighted by molar-refractivity contribution is -0.131. The number of amides is 3. The topological polar surface area (TPSA) is 123 Å². The highest BCUT2D eigenvalue weighted by Crippen LogP contribution is 2.40. The molecule has 1 aromatic rings. The minimum Gasteiger partial charge on any atom is -0.489 e. The molecule has 0 aliphatic carbocycles. The van der Waals surface area contributed by atoms with Crippen LogP contribution in [0.15, 0.2) is 42.1 Å². The molecule has 208 valence electrons. The molecule has 0 aromatic heterocycles. The lowest BCUT2D eigenvalue weighted by Crippen LogP contribution is -2.56. The van der Waals surface area contributed by atoms with Crippen LogP contribution in [0.5, 0.6) is 11.5 Å². The zero-order valence-electron chi connectivity index (χ0n) is 22.1. The maximum Gasteiger partial charge on any atom is 0.387 e. The van der Waals surface area contributed by atoms with Crippen molar-refractivity contribution < 1.29 is 32.6 Å². The Balaban J connectivity index is 1.84. The van der Waals surface area contributed by atoms with Crippen LogP contribution in [0.1, 0.15) is 52.0 Å². The van der Waals surface area contributed by atoms with Crippen molar-refractivity contribution in [2.75, 3.05) is 19.7 Å². The van der Waals surface area contributed by atoms with E-state index in [0.717, 1.165) is 5.56 Å². The molecule has 1 unspecified atom stereocenters. The van der Waals surface area contributed by atoms with Crippen LogP contribution in [0, 0.1) is 5.92 Å². The number of benzene rings is 1. The number of rotatable bonds is 11. The third-order valence-electron chi connectivity index (χ3n) is 6.68. The van der Waals surface area contributed by atoms with E-state index in [9.17, 15) is 23.2 Å². The Bertz CT molecular complexity index is 1110. The van der Waals surface area contributed by atoms with E-state index in [0.29, 0.717) is 31.7 Å². The van der Waals surface area contributed by atoms with Gasteiger partial charge in [0.25, 0.3) is 5.91 Å². The predicted octanol–water partition coefficient (Wildman–Crippen LogP) is 2.82. The summed E-state index contributed by atoms with van der Waals surface area (Å²) >= 11 is 0. The first-order chi connectivity index (χ1) is 18.0. The van der Waals surface area contributed by atoms with Crippen molar-refractivity contribution in [3.63, 3.8) is 0 Å². The van der Waals surface area contributed by atoms with E-state index in [1.165, 1.54) is 19.2 Å². The maximum absolute atomic E-state index is 12.9. The minimum atomic E-state index is -2.99. The number of ether oxygens (including phenoxy) is 2. The van der Waals surface area contributed by atoms with Gasteiger partial charge < -0.3 is 30.7 Å². The molecule has 2 aliphatic rings. The number of carbonyl (C=O) groups is 3. The number of carbonyl (C=O) groups excluding carboxylic acids is 3. The van der Waals surface area contributed by atoms with Gasteiger partial charge in [-0.3, -0.25) is 14.4 Å². The van der Waals surface area contributed by atoms with Crippen molar-refractivity contribution in [2.45, 2.75) is 64.6 Å². The fraction of sp³-hybridized carbons (Fsp3) is 0.519. The fourth-order valence-corrected chi connectivity index (χ4v) is 4.77. The average Bonchev–Trinajstić information content (AvgIpc) is 3.27. The van der Waals surface area contributed by atoms with Crippen molar-refractivity contribution in [3.05, 3.63) is 47.7 Å². The Labute approximate surface area is 221 Å². The van der Waals surface area contributed by atoms with Crippen LogP contribution in [0.2, 0.25) is 0 Å². The first kappa shape index (κ1) is 28.9. The van der Waals surface area contributed by atoms with E-state index in [1.54, 1.807) is 36.1 Å². The van der Waals surface area contributed by atoms with Gasteiger partial charge >= 0.3 is 6.61 Å². The highest BCUT2D eigenvalue weighted by molar-refractivity contribution is 5.97. The zero-order valence-corrected chi connectivity index (χ0v) is 22.1. The van der Waals surface area contributed by atoms with Crippen LogP contribution >= 0.6 is 0 Å². The third kappa shape index (κ3) is 6.81. The van der Waals surface area contributed by atoms with Crippen molar-refractivity contribution in [2.24, 2.45) is 11.7 Å². The second kappa shape index (κ2) is 12.3. The molecule has 4 N–H and O–H groups in total. The highest BCUT2D eigenvalue weighted by atomic mass is 19.3. The predicted molar refractivity (Wildman–Crippen MR) is 138 cm³/mol. The number of primary amides is 1. The van der Waals surface area contributed by atoms with Gasteiger partial charge in [0.1, 0.15) is 5.54 Å². The van der Waals surface area contributed by atoms with E-state index in [4.69, 9.17) is 10.5 Å². The Kier molecular flexibility index (Phi) is 9.35. The molecule has 0 spiro atoms.